The first-order valence-electron chi connectivity index (χ1n) is 7.96. The number of carbonyl (C=O) groups excluding carboxylic acids is 1. The van der Waals surface area contributed by atoms with E-state index in [-0.39, 0.29) is 23.4 Å². The molecule has 2 N–H and O–H groups in total. The summed E-state index contributed by atoms with van der Waals surface area (Å²) in [6.45, 7) is 8.66. The van der Waals surface area contributed by atoms with E-state index >= 15 is 0 Å². The zero-order chi connectivity index (χ0) is 15.5. The molecule has 1 saturated carbocycles. The number of amides is 1. The molecule has 0 aliphatic heterocycles. The summed E-state index contributed by atoms with van der Waals surface area (Å²) in [4.78, 5) is 12.2. The third kappa shape index (κ3) is 5.50. The lowest BCUT2D eigenvalue weighted by molar-refractivity contribution is -0.123. The van der Waals surface area contributed by atoms with Crippen molar-refractivity contribution < 1.29 is 4.79 Å². The first-order chi connectivity index (χ1) is 9.85. The fraction of sp³-hybridized carbons (Fsp3) is 0.611. The molecule has 1 fully saturated rings. The van der Waals surface area contributed by atoms with Crippen LogP contribution in [0.25, 0.3) is 0 Å². The Balaban J connectivity index is 2.02. The highest BCUT2D eigenvalue weighted by Crippen LogP contribution is 2.29. The van der Waals surface area contributed by atoms with Gasteiger partial charge in [-0.1, -0.05) is 51.1 Å². The third-order valence-electron chi connectivity index (χ3n) is 3.79. The van der Waals surface area contributed by atoms with Crippen molar-refractivity contribution in [1.29, 1.82) is 0 Å². The van der Waals surface area contributed by atoms with E-state index in [0.717, 1.165) is 19.3 Å². The van der Waals surface area contributed by atoms with Crippen LogP contribution in [0.5, 0.6) is 0 Å². The molecule has 1 aromatic carbocycles. The monoisotopic (exact) mass is 288 g/mol. The van der Waals surface area contributed by atoms with Crippen molar-refractivity contribution >= 4 is 5.91 Å². The molecule has 1 aliphatic carbocycles. The van der Waals surface area contributed by atoms with E-state index < -0.39 is 0 Å². The van der Waals surface area contributed by atoms with Crippen LogP contribution in [0.4, 0.5) is 0 Å². The van der Waals surface area contributed by atoms with Crippen molar-refractivity contribution in [3.8, 4) is 0 Å². The van der Waals surface area contributed by atoms with Gasteiger partial charge in [0.05, 0.1) is 6.04 Å². The van der Waals surface area contributed by atoms with E-state index in [1.807, 2.05) is 13.0 Å². The van der Waals surface area contributed by atoms with Gasteiger partial charge < -0.3 is 5.32 Å². The summed E-state index contributed by atoms with van der Waals surface area (Å²) in [6, 6.07) is 10.9. The molecule has 1 aromatic rings. The molecular formula is C18H28N2O. The van der Waals surface area contributed by atoms with Gasteiger partial charge in [0.1, 0.15) is 0 Å². The molecule has 0 saturated heterocycles. The smallest absolute Gasteiger partial charge is 0.237 e. The van der Waals surface area contributed by atoms with Gasteiger partial charge in [0.25, 0.3) is 0 Å². The van der Waals surface area contributed by atoms with Crippen molar-refractivity contribution in [2.24, 2.45) is 5.41 Å². The van der Waals surface area contributed by atoms with E-state index in [1.54, 1.807) is 0 Å². The quantitative estimate of drug-likeness (QED) is 0.842. The zero-order valence-corrected chi connectivity index (χ0v) is 13.6. The second-order valence-electron chi connectivity index (χ2n) is 7.40. The molecule has 2 atom stereocenters. The van der Waals surface area contributed by atoms with E-state index in [4.69, 9.17) is 0 Å². The zero-order valence-electron chi connectivity index (χ0n) is 13.6. The second-order valence-corrected chi connectivity index (χ2v) is 7.40. The Morgan fingerprint density at radius 2 is 1.86 bits per heavy atom. The molecule has 0 spiro atoms. The topological polar surface area (TPSA) is 41.1 Å². The lowest BCUT2D eigenvalue weighted by Gasteiger charge is -2.29. The molecule has 2 unspecified atom stereocenters. The molecule has 1 amide bonds. The summed E-state index contributed by atoms with van der Waals surface area (Å²) in [5, 5.41) is 6.58. The highest BCUT2D eigenvalue weighted by Gasteiger charge is 2.28. The van der Waals surface area contributed by atoms with E-state index in [9.17, 15) is 4.79 Å². The molecule has 1 aliphatic rings. The molecule has 21 heavy (non-hydrogen) atoms. The number of hydrogen-bond donors (Lipinski definition) is 2. The molecule has 3 heteroatoms. The minimum atomic E-state index is -0.168. The standard InChI is InChI=1S/C18H28N2O/c1-13(17(21)20-15-10-11-15)19-16(12-18(2,3)4)14-8-6-5-7-9-14/h5-9,13,15-16,19H,10-12H2,1-4H3,(H,20,21). The van der Waals surface area contributed by atoms with Gasteiger partial charge in [-0.05, 0) is 37.2 Å². The SMILES string of the molecule is CC(NC(CC(C)(C)C)c1ccccc1)C(=O)NC1CC1. The van der Waals surface area contributed by atoms with Crippen molar-refractivity contribution in [3.05, 3.63) is 35.9 Å². The summed E-state index contributed by atoms with van der Waals surface area (Å²) in [5.74, 6) is 0.118. The van der Waals surface area contributed by atoms with Crippen molar-refractivity contribution in [1.82, 2.24) is 10.6 Å². The maximum Gasteiger partial charge on any atom is 0.237 e. The number of benzene rings is 1. The molecular weight excluding hydrogens is 260 g/mol. The number of nitrogens with one attached hydrogen (secondary N) is 2. The fourth-order valence-electron chi connectivity index (χ4n) is 2.50. The van der Waals surface area contributed by atoms with Gasteiger partial charge in [-0.2, -0.15) is 0 Å². The summed E-state index contributed by atoms with van der Waals surface area (Å²) >= 11 is 0. The van der Waals surface area contributed by atoms with Gasteiger partial charge in [0.2, 0.25) is 5.91 Å². The van der Waals surface area contributed by atoms with Crippen LogP contribution < -0.4 is 10.6 Å². The number of hydrogen-bond acceptors (Lipinski definition) is 2. The normalized spacial score (nSPS) is 18.1. The van der Waals surface area contributed by atoms with Crippen molar-refractivity contribution in [2.75, 3.05) is 0 Å². The van der Waals surface area contributed by atoms with Crippen molar-refractivity contribution in [3.63, 3.8) is 0 Å². The van der Waals surface area contributed by atoms with Crippen LogP contribution in [0.1, 0.15) is 58.6 Å². The average Bonchev–Trinajstić information content (AvgIpc) is 3.21. The number of carbonyl (C=O) groups is 1. The highest BCUT2D eigenvalue weighted by atomic mass is 16.2. The predicted molar refractivity (Wildman–Crippen MR) is 87.0 cm³/mol. The first kappa shape index (κ1) is 16.0. The average molecular weight is 288 g/mol. The molecule has 0 bridgehead atoms. The molecule has 116 valence electrons. The van der Waals surface area contributed by atoms with Gasteiger partial charge >= 0.3 is 0 Å². The Kier molecular flexibility index (Phi) is 5.04. The summed E-state index contributed by atoms with van der Waals surface area (Å²) in [5.41, 5.74) is 1.46. The van der Waals surface area contributed by atoms with Gasteiger partial charge in [-0.15, -0.1) is 0 Å². The highest BCUT2D eigenvalue weighted by molar-refractivity contribution is 5.81. The Morgan fingerprint density at radius 3 is 2.38 bits per heavy atom. The van der Waals surface area contributed by atoms with Crippen LogP contribution >= 0.6 is 0 Å². The minimum Gasteiger partial charge on any atom is -0.352 e. The lowest BCUT2D eigenvalue weighted by atomic mass is 9.85. The van der Waals surface area contributed by atoms with Crippen molar-refractivity contribution in [2.45, 2.75) is 65.1 Å². The Morgan fingerprint density at radius 1 is 1.24 bits per heavy atom. The minimum absolute atomic E-state index is 0.118. The van der Waals surface area contributed by atoms with E-state index in [1.165, 1.54) is 5.56 Å². The lowest BCUT2D eigenvalue weighted by Crippen LogP contribution is -2.45. The predicted octanol–water partition coefficient (Wildman–Crippen LogP) is 3.42. The fourth-order valence-corrected chi connectivity index (χ4v) is 2.50. The van der Waals surface area contributed by atoms with Gasteiger partial charge in [-0.3, -0.25) is 10.1 Å². The summed E-state index contributed by atoms with van der Waals surface area (Å²) in [7, 11) is 0. The van der Waals surface area contributed by atoms with Crippen LogP contribution in [0, 0.1) is 5.41 Å². The van der Waals surface area contributed by atoms with Crippen LogP contribution in [0.3, 0.4) is 0 Å². The van der Waals surface area contributed by atoms with Gasteiger partial charge in [-0.25, -0.2) is 0 Å². The van der Waals surface area contributed by atoms with Crippen LogP contribution in [0.15, 0.2) is 30.3 Å². The Bertz CT molecular complexity index is 460. The summed E-state index contributed by atoms with van der Waals surface area (Å²) in [6.07, 6.45) is 3.25. The van der Waals surface area contributed by atoms with Gasteiger partial charge in [0.15, 0.2) is 0 Å². The second kappa shape index (κ2) is 6.61. The largest absolute Gasteiger partial charge is 0.352 e. The van der Waals surface area contributed by atoms with Crippen LogP contribution in [-0.2, 0) is 4.79 Å². The van der Waals surface area contributed by atoms with Gasteiger partial charge in [0, 0.05) is 12.1 Å². The number of rotatable bonds is 6. The maximum absolute atomic E-state index is 12.2. The van der Waals surface area contributed by atoms with E-state index in [0.29, 0.717) is 6.04 Å². The molecule has 3 nitrogen and oxygen atoms in total. The molecule has 0 radical (unpaired) electrons. The van der Waals surface area contributed by atoms with Crippen LogP contribution in [-0.4, -0.2) is 18.0 Å². The molecule has 0 heterocycles. The Hall–Kier alpha value is -1.35. The molecule has 0 aromatic heterocycles. The summed E-state index contributed by atoms with van der Waals surface area (Å²) < 4.78 is 0. The first-order valence-corrected chi connectivity index (χ1v) is 7.96. The van der Waals surface area contributed by atoms with E-state index in [2.05, 4.69) is 55.7 Å². The maximum atomic E-state index is 12.2. The molecule has 2 rings (SSSR count). The van der Waals surface area contributed by atoms with Crippen LogP contribution in [0.2, 0.25) is 0 Å². The third-order valence-corrected chi connectivity index (χ3v) is 3.79. The Labute approximate surface area is 128 Å².